The van der Waals surface area contributed by atoms with Gasteiger partial charge in [-0.25, -0.2) is 0 Å². The Morgan fingerprint density at radius 1 is 1.27 bits per heavy atom. The van der Waals surface area contributed by atoms with Crippen LogP contribution in [0.15, 0.2) is 30.3 Å². The Kier molecular flexibility index (Phi) is 6.79. The highest BCUT2D eigenvalue weighted by Gasteiger charge is 2.24. The third-order valence-corrected chi connectivity index (χ3v) is 3.54. The summed E-state index contributed by atoms with van der Waals surface area (Å²) in [5.41, 5.74) is 0.642. The summed E-state index contributed by atoms with van der Waals surface area (Å²) in [4.78, 5) is 12.1. The van der Waals surface area contributed by atoms with Crippen molar-refractivity contribution < 1.29 is 23.7 Å². The van der Waals surface area contributed by atoms with Crippen LogP contribution in [0.2, 0.25) is 0 Å². The van der Waals surface area contributed by atoms with Gasteiger partial charge in [-0.15, -0.1) is 0 Å². The van der Waals surface area contributed by atoms with E-state index >= 15 is 0 Å². The first kappa shape index (κ1) is 16.9. The molecule has 0 unspecified atom stereocenters. The van der Waals surface area contributed by atoms with E-state index in [1.165, 1.54) is 0 Å². The summed E-state index contributed by atoms with van der Waals surface area (Å²) in [5, 5.41) is 2.97. The number of benzene rings is 1. The van der Waals surface area contributed by atoms with Gasteiger partial charge in [0.15, 0.2) is 12.6 Å². The number of carbonyl (C=O) groups is 1. The van der Waals surface area contributed by atoms with E-state index in [1.54, 1.807) is 26.4 Å². The zero-order valence-corrected chi connectivity index (χ0v) is 13.0. The summed E-state index contributed by atoms with van der Waals surface area (Å²) < 4.78 is 21.6. The van der Waals surface area contributed by atoms with E-state index < -0.39 is 0 Å². The first-order valence-corrected chi connectivity index (χ1v) is 7.37. The third kappa shape index (κ3) is 5.06. The molecule has 1 aromatic rings. The van der Waals surface area contributed by atoms with Gasteiger partial charge in [0.25, 0.3) is 5.91 Å². The molecule has 1 aliphatic rings. The fourth-order valence-corrected chi connectivity index (χ4v) is 2.25. The van der Waals surface area contributed by atoms with Crippen LogP contribution in [0.3, 0.4) is 0 Å². The van der Waals surface area contributed by atoms with Crippen molar-refractivity contribution in [2.75, 3.05) is 27.4 Å². The van der Waals surface area contributed by atoms with Gasteiger partial charge < -0.3 is 24.3 Å². The lowest BCUT2D eigenvalue weighted by Gasteiger charge is -2.21. The molecule has 2 atom stereocenters. The van der Waals surface area contributed by atoms with E-state index in [9.17, 15) is 4.79 Å². The Morgan fingerprint density at radius 2 is 2.00 bits per heavy atom. The van der Waals surface area contributed by atoms with Gasteiger partial charge in [0.1, 0.15) is 0 Å². The second-order valence-electron chi connectivity index (χ2n) is 5.10. The van der Waals surface area contributed by atoms with Gasteiger partial charge in [-0.3, -0.25) is 4.79 Å². The molecule has 6 nitrogen and oxygen atoms in total. The molecule has 22 heavy (non-hydrogen) atoms. The second-order valence-corrected chi connectivity index (χ2v) is 5.10. The Bertz CT molecular complexity index is 449. The fraction of sp³-hybridized carbons (Fsp3) is 0.562. The van der Waals surface area contributed by atoms with Gasteiger partial charge in [-0.1, -0.05) is 18.2 Å². The summed E-state index contributed by atoms with van der Waals surface area (Å²) in [6, 6.07) is 9.07. The summed E-state index contributed by atoms with van der Waals surface area (Å²) in [5.74, 6) is -0.0979. The van der Waals surface area contributed by atoms with Crippen molar-refractivity contribution in [2.45, 2.75) is 31.5 Å². The summed E-state index contributed by atoms with van der Waals surface area (Å²) >= 11 is 0. The predicted molar refractivity (Wildman–Crippen MR) is 80.4 cm³/mol. The maximum absolute atomic E-state index is 12.1. The number of carbonyl (C=O) groups excluding carboxylic acids is 1. The molecule has 0 radical (unpaired) electrons. The molecule has 0 aromatic heterocycles. The molecule has 1 heterocycles. The van der Waals surface area contributed by atoms with Gasteiger partial charge in [0.2, 0.25) is 0 Å². The zero-order chi connectivity index (χ0) is 15.8. The molecular weight excluding hydrogens is 286 g/mol. The van der Waals surface area contributed by atoms with Crippen LogP contribution in [0.4, 0.5) is 0 Å². The SMILES string of the molecule is COC(C[C@@H]1OCC[C@H](NC(=O)c2ccccc2)CO1)OC. The van der Waals surface area contributed by atoms with Crippen molar-refractivity contribution in [1.29, 1.82) is 0 Å². The first-order chi connectivity index (χ1) is 10.7. The van der Waals surface area contributed by atoms with Crippen molar-refractivity contribution in [1.82, 2.24) is 5.32 Å². The highest BCUT2D eigenvalue weighted by molar-refractivity contribution is 5.94. The lowest BCUT2D eigenvalue weighted by atomic mass is 10.1. The van der Waals surface area contributed by atoms with E-state index in [1.807, 2.05) is 18.2 Å². The highest BCUT2D eigenvalue weighted by atomic mass is 16.7. The van der Waals surface area contributed by atoms with Crippen LogP contribution in [0.5, 0.6) is 0 Å². The van der Waals surface area contributed by atoms with E-state index in [0.717, 1.165) is 0 Å². The lowest BCUT2D eigenvalue weighted by molar-refractivity contribution is -0.190. The monoisotopic (exact) mass is 309 g/mol. The summed E-state index contributed by atoms with van der Waals surface area (Å²) in [6.07, 6.45) is 0.454. The van der Waals surface area contributed by atoms with E-state index in [2.05, 4.69) is 5.32 Å². The molecular formula is C16H23NO5. The van der Waals surface area contributed by atoms with Gasteiger partial charge in [0.05, 0.1) is 19.3 Å². The maximum Gasteiger partial charge on any atom is 0.251 e. The normalized spacial score (nSPS) is 22.3. The van der Waals surface area contributed by atoms with Crippen molar-refractivity contribution in [3.63, 3.8) is 0 Å². The largest absolute Gasteiger partial charge is 0.356 e. The van der Waals surface area contributed by atoms with Crippen LogP contribution in [-0.4, -0.2) is 52.0 Å². The molecule has 1 aromatic carbocycles. The molecule has 0 aliphatic carbocycles. The molecule has 0 bridgehead atoms. The van der Waals surface area contributed by atoms with Crippen molar-refractivity contribution >= 4 is 5.91 Å². The predicted octanol–water partition coefficient (Wildman–Crippen LogP) is 1.56. The number of hydrogen-bond acceptors (Lipinski definition) is 5. The van der Waals surface area contributed by atoms with Crippen LogP contribution >= 0.6 is 0 Å². The average Bonchev–Trinajstić information content (AvgIpc) is 2.78. The summed E-state index contributed by atoms with van der Waals surface area (Å²) in [7, 11) is 3.15. The van der Waals surface area contributed by atoms with E-state index in [0.29, 0.717) is 31.6 Å². The fourth-order valence-electron chi connectivity index (χ4n) is 2.25. The Balaban J connectivity index is 1.81. The molecule has 0 spiro atoms. The molecule has 1 aliphatic heterocycles. The minimum atomic E-state index is -0.386. The number of rotatable bonds is 6. The molecule has 122 valence electrons. The minimum Gasteiger partial charge on any atom is -0.356 e. The summed E-state index contributed by atoms with van der Waals surface area (Å²) in [6.45, 7) is 0.925. The average molecular weight is 309 g/mol. The van der Waals surface area contributed by atoms with E-state index in [4.69, 9.17) is 18.9 Å². The zero-order valence-electron chi connectivity index (χ0n) is 13.0. The number of methoxy groups -OCH3 is 2. The molecule has 1 fully saturated rings. The number of nitrogens with one attached hydrogen (secondary N) is 1. The Hall–Kier alpha value is -1.47. The van der Waals surface area contributed by atoms with Crippen LogP contribution in [0.1, 0.15) is 23.2 Å². The van der Waals surface area contributed by atoms with Gasteiger partial charge in [-0.2, -0.15) is 0 Å². The van der Waals surface area contributed by atoms with Crippen molar-refractivity contribution in [3.8, 4) is 0 Å². The number of amides is 1. The van der Waals surface area contributed by atoms with Gasteiger partial charge in [0, 0.05) is 26.2 Å². The molecule has 6 heteroatoms. The Labute approximate surface area is 130 Å². The van der Waals surface area contributed by atoms with Gasteiger partial charge in [-0.05, 0) is 18.6 Å². The molecule has 1 amide bonds. The Morgan fingerprint density at radius 3 is 2.68 bits per heavy atom. The number of hydrogen-bond donors (Lipinski definition) is 1. The smallest absolute Gasteiger partial charge is 0.251 e. The van der Waals surface area contributed by atoms with Crippen LogP contribution in [-0.2, 0) is 18.9 Å². The highest BCUT2D eigenvalue weighted by Crippen LogP contribution is 2.14. The van der Waals surface area contributed by atoms with Crippen LogP contribution < -0.4 is 5.32 Å². The quantitative estimate of drug-likeness (QED) is 0.808. The van der Waals surface area contributed by atoms with Crippen LogP contribution in [0, 0.1) is 0 Å². The molecule has 1 N–H and O–H groups in total. The third-order valence-electron chi connectivity index (χ3n) is 3.54. The number of ether oxygens (including phenoxy) is 4. The molecule has 1 saturated heterocycles. The first-order valence-electron chi connectivity index (χ1n) is 7.37. The lowest BCUT2D eigenvalue weighted by Crippen LogP contribution is -2.38. The minimum absolute atomic E-state index is 0.0683. The van der Waals surface area contributed by atoms with Crippen molar-refractivity contribution in [2.24, 2.45) is 0 Å². The second kappa shape index (κ2) is 8.85. The topological polar surface area (TPSA) is 66.0 Å². The van der Waals surface area contributed by atoms with E-state index in [-0.39, 0.29) is 24.5 Å². The van der Waals surface area contributed by atoms with Crippen molar-refractivity contribution in [3.05, 3.63) is 35.9 Å². The maximum atomic E-state index is 12.1. The standard InChI is InChI=1S/C16H23NO5/c1-19-14(20-2)10-15-21-9-8-13(11-22-15)17-16(18)12-6-4-3-5-7-12/h3-7,13-15H,8-11H2,1-2H3,(H,17,18)/t13-,15+/m0/s1. The van der Waals surface area contributed by atoms with Gasteiger partial charge >= 0.3 is 0 Å². The molecule has 0 saturated carbocycles. The molecule has 2 rings (SSSR count). The van der Waals surface area contributed by atoms with Crippen LogP contribution in [0.25, 0.3) is 0 Å².